The van der Waals surface area contributed by atoms with Crippen molar-refractivity contribution in [1.29, 1.82) is 0 Å². The number of nitrogens with zero attached hydrogens (tertiary/aromatic N) is 2. The summed E-state index contributed by atoms with van der Waals surface area (Å²) in [6.45, 7) is 7.18. The molecule has 3 rings (SSSR count). The molecule has 1 aliphatic heterocycles. The normalized spacial score (nSPS) is 17.7. The van der Waals surface area contributed by atoms with Crippen LogP contribution in [0.25, 0.3) is 0 Å². The second-order valence-corrected chi connectivity index (χ2v) is 7.24. The van der Waals surface area contributed by atoms with Crippen molar-refractivity contribution < 1.29 is 13.9 Å². The van der Waals surface area contributed by atoms with E-state index in [1.165, 1.54) is 18.3 Å². The third-order valence-electron chi connectivity index (χ3n) is 4.83. The van der Waals surface area contributed by atoms with Gasteiger partial charge in [-0.2, -0.15) is 0 Å². The van der Waals surface area contributed by atoms with Crippen molar-refractivity contribution in [2.75, 3.05) is 19.6 Å². The first-order valence-corrected chi connectivity index (χ1v) is 9.43. The van der Waals surface area contributed by atoms with Gasteiger partial charge in [0.1, 0.15) is 23.0 Å². The van der Waals surface area contributed by atoms with E-state index < -0.39 is 0 Å². The number of pyridine rings is 1. The third kappa shape index (κ3) is 5.50. The Kier molecular flexibility index (Phi) is 6.40. The Bertz CT molecular complexity index is 782. The quantitative estimate of drug-likeness (QED) is 0.838. The molecule has 1 saturated heterocycles. The van der Waals surface area contributed by atoms with Gasteiger partial charge in [-0.15, -0.1) is 0 Å². The van der Waals surface area contributed by atoms with Crippen LogP contribution >= 0.6 is 0 Å². The van der Waals surface area contributed by atoms with Crippen LogP contribution in [0, 0.1) is 11.7 Å². The molecule has 0 spiro atoms. The van der Waals surface area contributed by atoms with Gasteiger partial charge < -0.3 is 15.0 Å². The highest BCUT2D eigenvalue weighted by Gasteiger charge is 2.22. The molecule has 1 aromatic heterocycles. The fourth-order valence-corrected chi connectivity index (χ4v) is 3.33. The number of hydrogen-bond acceptors (Lipinski definition) is 4. The molecule has 1 aromatic carbocycles. The predicted octanol–water partition coefficient (Wildman–Crippen LogP) is 3.86. The summed E-state index contributed by atoms with van der Waals surface area (Å²) >= 11 is 0. The van der Waals surface area contributed by atoms with Gasteiger partial charge in [0.05, 0.1) is 0 Å². The molecule has 1 amide bonds. The van der Waals surface area contributed by atoms with Gasteiger partial charge in [0.25, 0.3) is 5.91 Å². The van der Waals surface area contributed by atoms with E-state index in [9.17, 15) is 9.18 Å². The van der Waals surface area contributed by atoms with Gasteiger partial charge in [-0.25, -0.2) is 4.39 Å². The van der Waals surface area contributed by atoms with E-state index in [2.05, 4.69) is 29.0 Å². The Hall–Kier alpha value is -2.47. The Balaban J connectivity index is 1.57. The first-order chi connectivity index (χ1) is 13.0. The summed E-state index contributed by atoms with van der Waals surface area (Å²) in [5.41, 5.74) is 0.292. The number of ether oxygens (including phenoxy) is 1. The summed E-state index contributed by atoms with van der Waals surface area (Å²) in [6.07, 6.45) is 3.80. The second-order valence-electron chi connectivity index (χ2n) is 7.24. The van der Waals surface area contributed by atoms with Crippen LogP contribution in [0.1, 0.15) is 37.2 Å². The summed E-state index contributed by atoms with van der Waals surface area (Å²) in [5.74, 6) is 0.688. The lowest BCUT2D eigenvalue weighted by atomic mass is 9.97. The average molecular weight is 371 g/mol. The van der Waals surface area contributed by atoms with Crippen molar-refractivity contribution >= 4 is 5.91 Å². The van der Waals surface area contributed by atoms with E-state index in [0.29, 0.717) is 35.7 Å². The van der Waals surface area contributed by atoms with Gasteiger partial charge >= 0.3 is 0 Å². The number of benzene rings is 1. The predicted molar refractivity (Wildman–Crippen MR) is 102 cm³/mol. The molecule has 2 heterocycles. The molecule has 1 N–H and O–H groups in total. The molecule has 0 bridgehead atoms. The minimum absolute atomic E-state index is 0.221. The number of amides is 1. The second kappa shape index (κ2) is 8.95. The average Bonchev–Trinajstić information content (AvgIpc) is 2.66. The monoisotopic (exact) mass is 371 g/mol. The summed E-state index contributed by atoms with van der Waals surface area (Å²) < 4.78 is 18.9. The van der Waals surface area contributed by atoms with Crippen molar-refractivity contribution in [1.82, 2.24) is 15.2 Å². The fourth-order valence-electron chi connectivity index (χ4n) is 3.33. The number of likely N-dealkylation sites (tertiary alicyclic amines) is 1. The summed E-state index contributed by atoms with van der Waals surface area (Å²) in [5, 5.41) is 2.98. The van der Waals surface area contributed by atoms with Gasteiger partial charge in [-0.3, -0.25) is 9.78 Å². The zero-order valence-corrected chi connectivity index (χ0v) is 15.8. The molecule has 5 nitrogen and oxygen atoms in total. The van der Waals surface area contributed by atoms with E-state index >= 15 is 0 Å². The Morgan fingerprint density at radius 3 is 2.93 bits per heavy atom. The molecule has 1 atom stereocenters. The van der Waals surface area contributed by atoms with Gasteiger partial charge in [0.2, 0.25) is 0 Å². The van der Waals surface area contributed by atoms with Crippen LogP contribution < -0.4 is 10.1 Å². The van der Waals surface area contributed by atoms with E-state index in [4.69, 9.17) is 4.74 Å². The zero-order chi connectivity index (χ0) is 19.2. The van der Waals surface area contributed by atoms with E-state index in [0.717, 1.165) is 25.9 Å². The Labute approximate surface area is 159 Å². The molecule has 0 radical (unpaired) electrons. The zero-order valence-electron chi connectivity index (χ0n) is 15.8. The SMILES string of the molecule is CC(C)N1CCCC(CNC(=O)c2cc(Oc3cccc(F)c3)ccn2)C1. The van der Waals surface area contributed by atoms with Crippen LogP contribution in [0.3, 0.4) is 0 Å². The number of hydrogen-bond donors (Lipinski definition) is 1. The lowest BCUT2D eigenvalue weighted by Crippen LogP contribution is -2.43. The number of piperidine rings is 1. The Morgan fingerprint density at radius 1 is 1.33 bits per heavy atom. The van der Waals surface area contributed by atoms with Crippen LogP contribution in [0.15, 0.2) is 42.6 Å². The van der Waals surface area contributed by atoms with Crippen molar-refractivity contribution in [3.8, 4) is 11.5 Å². The minimum Gasteiger partial charge on any atom is -0.457 e. The smallest absolute Gasteiger partial charge is 0.270 e. The molecule has 6 heteroatoms. The lowest BCUT2D eigenvalue weighted by Gasteiger charge is -2.35. The molecule has 1 fully saturated rings. The summed E-state index contributed by atoms with van der Waals surface area (Å²) in [7, 11) is 0. The first-order valence-electron chi connectivity index (χ1n) is 9.43. The maximum absolute atomic E-state index is 13.3. The van der Waals surface area contributed by atoms with E-state index in [-0.39, 0.29) is 11.7 Å². The highest BCUT2D eigenvalue weighted by Crippen LogP contribution is 2.22. The maximum atomic E-state index is 13.3. The molecule has 144 valence electrons. The number of rotatable bonds is 6. The van der Waals surface area contributed by atoms with Gasteiger partial charge in [-0.05, 0) is 57.4 Å². The summed E-state index contributed by atoms with van der Waals surface area (Å²) in [6, 6.07) is 9.62. The minimum atomic E-state index is -0.373. The standard InChI is InChI=1S/C21H26FN3O2/c1-15(2)25-10-4-5-16(14-25)13-24-21(26)20-12-19(8-9-23-20)27-18-7-3-6-17(22)11-18/h3,6-9,11-12,15-16H,4-5,10,13-14H2,1-2H3,(H,24,26). The van der Waals surface area contributed by atoms with Crippen molar-refractivity contribution in [3.05, 3.63) is 54.1 Å². The first kappa shape index (κ1) is 19.3. The molecular weight excluding hydrogens is 345 g/mol. The van der Waals surface area contributed by atoms with E-state index in [1.807, 2.05) is 0 Å². The Morgan fingerprint density at radius 2 is 2.15 bits per heavy atom. The number of carbonyl (C=O) groups is 1. The topological polar surface area (TPSA) is 54.5 Å². The molecule has 27 heavy (non-hydrogen) atoms. The van der Waals surface area contributed by atoms with Gasteiger partial charge in [0.15, 0.2) is 0 Å². The van der Waals surface area contributed by atoms with Gasteiger partial charge in [-0.1, -0.05) is 6.07 Å². The highest BCUT2D eigenvalue weighted by atomic mass is 19.1. The lowest BCUT2D eigenvalue weighted by molar-refractivity contribution is 0.0917. The van der Waals surface area contributed by atoms with Crippen molar-refractivity contribution in [2.45, 2.75) is 32.7 Å². The molecule has 0 aliphatic carbocycles. The van der Waals surface area contributed by atoms with Gasteiger partial charge in [0, 0.05) is 37.5 Å². The maximum Gasteiger partial charge on any atom is 0.270 e. The highest BCUT2D eigenvalue weighted by molar-refractivity contribution is 5.92. The van der Waals surface area contributed by atoms with Crippen molar-refractivity contribution in [2.24, 2.45) is 5.92 Å². The molecule has 1 aliphatic rings. The fraction of sp³-hybridized carbons (Fsp3) is 0.429. The molecule has 2 aromatic rings. The summed E-state index contributed by atoms with van der Waals surface area (Å²) in [4.78, 5) is 19.0. The molecular formula is C21H26FN3O2. The van der Waals surface area contributed by atoms with Crippen LogP contribution in [0.4, 0.5) is 4.39 Å². The number of carbonyl (C=O) groups excluding carboxylic acids is 1. The van der Waals surface area contributed by atoms with Crippen molar-refractivity contribution in [3.63, 3.8) is 0 Å². The number of nitrogens with one attached hydrogen (secondary N) is 1. The third-order valence-corrected chi connectivity index (χ3v) is 4.83. The largest absolute Gasteiger partial charge is 0.457 e. The van der Waals surface area contributed by atoms with E-state index in [1.54, 1.807) is 24.3 Å². The molecule has 0 saturated carbocycles. The van der Waals surface area contributed by atoms with Crippen LogP contribution in [-0.4, -0.2) is 41.5 Å². The number of aromatic nitrogens is 1. The van der Waals surface area contributed by atoms with Crippen LogP contribution in [0.2, 0.25) is 0 Å². The number of halogens is 1. The van der Waals surface area contributed by atoms with Crippen LogP contribution in [-0.2, 0) is 0 Å². The molecule has 1 unspecified atom stereocenters. The van der Waals surface area contributed by atoms with Crippen LogP contribution in [0.5, 0.6) is 11.5 Å².